The van der Waals surface area contributed by atoms with Crippen LogP contribution in [0.25, 0.3) is 0 Å². The lowest BCUT2D eigenvalue weighted by atomic mass is 10.1. The molecule has 12 heteroatoms. The Bertz CT molecular complexity index is 1560. The molecule has 11 nitrogen and oxygen atoms in total. The van der Waals surface area contributed by atoms with Crippen molar-refractivity contribution >= 4 is 57.6 Å². The van der Waals surface area contributed by atoms with E-state index in [1.807, 2.05) is 13.8 Å². The molecule has 0 radical (unpaired) electrons. The maximum Gasteiger partial charge on any atom is 0.341 e. The normalized spacial score (nSPS) is 12.1. The van der Waals surface area contributed by atoms with Gasteiger partial charge in [0.25, 0.3) is 23.6 Å². The van der Waals surface area contributed by atoms with Crippen molar-refractivity contribution < 1.29 is 38.2 Å². The van der Waals surface area contributed by atoms with Gasteiger partial charge in [-0.15, -0.1) is 11.3 Å². The quantitative estimate of drug-likeness (QED) is 0.272. The molecule has 2 heterocycles. The third-order valence-corrected chi connectivity index (χ3v) is 7.79. The summed E-state index contributed by atoms with van der Waals surface area (Å²) in [6.45, 7) is 7.25. The number of nitrogens with zero attached hydrogens (tertiary/aromatic N) is 2. The Hall–Kier alpha value is -4.84. The van der Waals surface area contributed by atoms with Crippen molar-refractivity contribution in [2.24, 2.45) is 0 Å². The number of hydrogen-bond donors (Lipinski definition) is 1. The van der Waals surface area contributed by atoms with Gasteiger partial charge in [-0.2, -0.15) is 0 Å². The van der Waals surface area contributed by atoms with E-state index in [1.165, 1.54) is 24.3 Å². The molecular weight excluding hydrogens is 562 g/mol. The Labute approximate surface area is 246 Å². The topological polar surface area (TPSA) is 139 Å². The molecule has 4 amide bonds. The van der Waals surface area contributed by atoms with Gasteiger partial charge in [-0.1, -0.05) is 18.2 Å². The number of rotatable bonds is 10. The maximum atomic E-state index is 13.0. The highest BCUT2D eigenvalue weighted by atomic mass is 32.1. The second kappa shape index (κ2) is 12.8. The molecule has 1 aromatic heterocycles. The number of hydrogen-bond acceptors (Lipinski definition) is 9. The highest BCUT2D eigenvalue weighted by Crippen LogP contribution is 2.35. The van der Waals surface area contributed by atoms with Crippen LogP contribution in [0.4, 0.5) is 10.7 Å². The minimum absolute atomic E-state index is 0.0168. The molecule has 0 spiro atoms. The summed E-state index contributed by atoms with van der Waals surface area (Å²) in [5, 5.41) is 2.67. The molecule has 0 unspecified atom stereocenters. The van der Waals surface area contributed by atoms with Gasteiger partial charge in [0.05, 0.1) is 39.4 Å². The molecule has 1 aliphatic rings. The fourth-order valence-electron chi connectivity index (χ4n) is 4.48. The summed E-state index contributed by atoms with van der Waals surface area (Å²) in [5.74, 6) is -3.60. The Balaban J connectivity index is 1.48. The van der Waals surface area contributed by atoms with E-state index in [9.17, 15) is 28.8 Å². The first-order valence-electron chi connectivity index (χ1n) is 13.3. The van der Waals surface area contributed by atoms with E-state index >= 15 is 0 Å². The molecule has 3 aromatic rings. The number of imide groups is 1. The molecule has 1 N–H and O–H groups in total. The van der Waals surface area contributed by atoms with E-state index in [2.05, 4.69) is 5.32 Å². The van der Waals surface area contributed by atoms with Crippen molar-refractivity contribution in [1.82, 2.24) is 4.90 Å². The lowest BCUT2D eigenvalue weighted by molar-refractivity contribution is -0.119. The number of benzene rings is 2. The van der Waals surface area contributed by atoms with Crippen LogP contribution in [-0.2, 0) is 14.3 Å². The lowest BCUT2D eigenvalue weighted by Crippen LogP contribution is -2.30. The molecule has 0 atom stereocenters. The Kier molecular flexibility index (Phi) is 9.16. The van der Waals surface area contributed by atoms with Crippen molar-refractivity contribution in [3.63, 3.8) is 0 Å². The molecule has 42 heavy (non-hydrogen) atoms. The van der Waals surface area contributed by atoms with Crippen molar-refractivity contribution in [2.45, 2.75) is 27.7 Å². The van der Waals surface area contributed by atoms with Gasteiger partial charge in [-0.3, -0.25) is 19.2 Å². The average molecular weight is 592 g/mol. The van der Waals surface area contributed by atoms with Crippen LogP contribution < -0.4 is 10.2 Å². The first kappa shape index (κ1) is 30.1. The molecule has 0 saturated heterocycles. The van der Waals surface area contributed by atoms with E-state index < -0.39 is 36.3 Å². The SMILES string of the molecule is CCOC(=O)c1c(NC(=O)COC(=O)c2cccc(N3C(=O)c4ccccc4C3=O)c2)sc(C(=O)N(CC)CC)c1C. The summed E-state index contributed by atoms with van der Waals surface area (Å²) in [4.78, 5) is 79.8. The summed E-state index contributed by atoms with van der Waals surface area (Å²) in [6, 6.07) is 12.2. The largest absolute Gasteiger partial charge is 0.462 e. The Morgan fingerprint density at radius 1 is 0.881 bits per heavy atom. The smallest absolute Gasteiger partial charge is 0.341 e. The van der Waals surface area contributed by atoms with Gasteiger partial charge < -0.3 is 19.7 Å². The highest BCUT2D eigenvalue weighted by molar-refractivity contribution is 7.18. The standard InChI is InChI=1S/C30H29N3O8S/c1-5-32(6-2)28(37)24-17(4)23(30(39)40-7-3)25(42-24)31-22(34)16-41-29(38)18-11-10-12-19(15-18)33-26(35)20-13-8-9-14-21(20)27(33)36/h8-15H,5-7,16H2,1-4H3,(H,31,34). The average Bonchev–Trinajstić information content (AvgIpc) is 3.44. The van der Waals surface area contributed by atoms with Crippen LogP contribution in [0.5, 0.6) is 0 Å². The molecule has 2 aromatic carbocycles. The van der Waals surface area contributed by atoms with E-state index in [4.69, 9.17) is 9.47 Å². The zero-order valence-corrected chi connectivity index (χ0v) is 24.3. The second-order valence-electron chi connectivity index (χ2n) is 9.12. The Morgan fingerprint density at radius 2 is 1.52 bits per heavy atom. The number of carbonyl (C=O) groups excluding carboxylic acids is 6. The highest BCUT2D eigenvalue weighted by Gasteiger charge is 2.36. The number of anilines is 2. The van der Waals surface area contributed by atoms with Gasteiger partial charge in [-0.25, -0.2) is 14.5 Å². The first-order chi connectivity index (χ1) is 20.1. The van der Waals surface area contributed by atoms with Gasteiger partial charge in [0.2, 0.25) is 0 Å². The number of esters is 2. The number of fused-ring (bicyclic) bond motifs is 1. The van der Waals surface area contributed by atoms with Crippen LogP contribution >= 0.6 is 11.3 Å². The van der Waals surface area contributed by atoms with Gasteiger partial charge in [0, 0.05) is 13.1 Å². The molecule has 1 aliphatic heterocycles. The van der Waals surface area contributed by atoms with Gasteiger partial charge in [0.1, 0.15) is 5.00 Å². The second-order valence-corrected chi connectivity index (χ2v) is 10.1. The van der Waals surface area contributed by atoms with E-state index in [0.29, 0.717) is 23.5 Å². The number of nitrogens with one attached hydrogen (secondary N) is 1. The lowest BCUT2D eigenvalue weighted by Gasteiger charge is -2.18. The monoisotopic (exact) mass is 591 g/mol. The van der Waals surface area contributed by atoms with Gasteiger partial charge in [0.15, 0.2) is 6.61 Å². The fourth-order valence-corrected chi connectivity index (χ4v) is 5.66. The fraction of sp³-hybridized carbons (Fsp3) is 0.267. The maximum absolute atomic E-state index is 13.0. The van der Waals surface area contributed by atoms with Gasteiger partial charge >= 0.3 is 11.9 Å². The van der Waals surface area contributed by atoms with E-state index in [-0.39, 0.29) is 45.5 Å². The Morgan fingerprint density at radius 3 is 2.12 bits per heavy atom. The van der Waals surface area contributed by atoms with Crippen LogP contribution in [0.15, 0.2) is 48.5 Å². The van der Waals surface area contributed by atoms with Crippen molar-refractivity contribution in [1.29, 1.82) is 0 Å². The summed E-state index contributed by atoms with van der Waals surface area (Å²) >= 11 is 0.944. The molecule has 0 fully saturated rings. The minimum atomic E-state index is -0.867. The summed E-state index contributed by atoms with van der Waals surface area (Å²) in [6.07, 6.45) is 0. The first-order valence-corrected chi connectivity index (χ1v) is 14.1. The van der Waals surface area contributed by atoms with E-state index in [1.54, 1.807) is 43.0 Å². The van der Waals surface area contributed by atoms with E-state index in [0.717, 1.165) is 16.2 Å². The van der Waals surface area contributed by atoms with Crippen LogP contribution in [0.1, 0.15) is 77.4 Å². The third kappa shape index (κ3) is 5.79. The number of amides is 4. The number of thiophene rings is 1. The zero-order chi connectivity index (χ0) is 30.6. The van der Waals surface area contributed by atoms with Crippen LogP contribution in [0, 0.1) is 6.92 Å². The zero-order valence-electron chi connectivity index (χ0n) is 23.5. The van der Waals surface area contributed by atoms with Crippen LogP contribution in [0.2, 0.25) is 0 Å². The van der Waals surface area contributed by atoms with Crippen molar-refractivity contribution in [3.05, 3.63) is 81.2 Å². The summed E-state index contributed by atoms with van der Waals surface area (Å²) < 4.78 is 10.3. The molecule has 218 valence electrons. The predicted octanol–water partition coefficient (Wildman–Crippen LogP) is 4.31. The molecule has 0 bridgehead atoms. The minimum Gasteiger partial charge on any atom is -0.462 e. The van der Waals surface area contributed by atoms with Gasteiger partial charge in [-0.05, 0) is 63.6 Å². The van der Waals surface area contributed by atoms with Crippen LogP contribution in [0.3, 0.4) is 0 Å². The summed E-state index contributed by atoms with van der Waals surface area (Å²) in [7, 11) is 0. The summed E-state index contributed by atoms with van der Waals surface area (Å²) in [5.41, 5.74) is 1.17. The molecular formula is C30H29N3O8S. The predicted molar refractivity (Wildman–Crippen MR) is 155 cm³/mol. The van der Waals surface area contributed by atoms with Crippen molar-refractivity contribution in [2.75, 3.05) is 36.5 Å². The molecule has 4 rings (SSSR count). The third-order valence-electron chi connectivity index (χ3n) is 6.59. The van der Waals surface area contributed by atoms with Crippen molar-refractivity contribution in [3.8, 4) is 0 Å². The van der Waals surface area contributed by atoms with Crippen LogP contribution in [-0.4, -0.2) is 66.8 Å². The molecule has 0 aliphatic carbocycles. The number of carbonyl (C=O) groups is 6. The molecule has 0 saturated carbocycles. The number of ether oxygens (including phenoxy) is 2.